The van der Waals surface area contributed by atoms with Gasteiger partial charge in [0.05, 0.1) is 21.0 Å². The molecule has 7 heteroatoms. The van der Waals surface area contributed by atoms with E-state index in [2.05, 4.69) is 10.2 Å². The molecule has 0 saturated carbocycles. The van der Waals surface area contributed by atoms with E-state index < -0.39 is 10.8 Å². The summed E-state index contributed by atoms with van der Waals surface area (Å²) in [5.74, 6) is 1.88. The van der Waals surface area contributed by atoms with Gasteiger partial charge in [-0.05, 0) is 31.5 Å². The van der Waals surface area contributed by atoms with E-state index in [4.69, 9.17) is 23.2 Å². The van der Waals surface area contributed by atoms with Crippen LogP contribution in [0.4, 0.5) is 0 Å². The summed E-state index contributed by atoms with van der Waals surface area (Å²) in [5.41, 5.74) is 0.900. The Balaban J connectivity index is 2.16. The molecule has 0 aliphatic rings. The van der Waals surface area contributed by atoms with Crippen LogP contribution in [0.5, 0.6) is 0 Å². The minimum absolute atomic E-state index is 0.151. The monoisotopic (exact) mass is 331 g/mol. The molecule has 4 nitrogen and oxygen atoms in total. The summed E-state index contributed by atoms with van der Waals surface area (Å²) in [5, 5.41) is 8.82. The molecule has 1 heterocycles. The van der Waals surface area contributed by atoms with Crippen molar-refractivity contribution >= 4 is 34.0 Å². The van der Waals surface area contributed by atoms with Crippen LogP contribution < -0.4 is 0 Å². The molecule has 0 amide bonds. The van der Waals surface area contributed by atoms with Gasteiger partial charge in [-0.3, -0.25) is 4.21 Å². The summed E-state index contributed by atoms with van der Waals surface area (Å²) >= 11 is 11.9. The van der Waals surface area contributed by atoms with Gasteiger partial charge in [-0.2, -0.15) is 0 Å². The number of benzene rings is 1. The Morgan fingerprint density at radius 2 is 2.00 bits per heavy atom. The quantitative estimate of drug-likeness (QED) is 0.862. The van der Waals surface area contributed by atoms with Crippen molar-refractivity contribution < 1.29 is 4.21 Å². The van der Waals surface area contributed by atoms with Gasteiger partial charge in [0.25, 0.3) is 0 Å². The molecule has 0 aliphatic carbocycles. The summed E-state index contributed by atoms with van der Waals surface area (Å²) in [6.07, 6.45) is 0. The molecule has 0 saturated heterocycles. The molecule has 2 rings (SSSR count). The predicted octanol–water partition coefficient (Wildman–Crippen LogP) is 3.44. The van der Waals surface area contributed by atoms with Crippen LogP contribution in [0.3, 0.4) is 0 Å². The third-order valence-electron chi connectivity index (χ3n) is 3.26. The fraction of sp³-hybridized carbons (Fsp3) is 0.385. The molecule has 0 spiro atoms. The topological polar surface area (TPSA) is 47.8 Å². The average Bonchev–Trinajstić information content (AvgIpc) is 2.73. The normalized spacial score (nSPS) is 14.2. The van der Waals surface area contributed by atoms with Crippen LogP contribution in [0.2, 0.25) is 10.0 Å². The summed E-state index contributed by atoms with van der Waals surface area (Å²) < 4.78 is 14.3. The third-order valence-corrected chi connectivity index (χ3v) is 5.60. The summed E-state index contributed by atoms with van der Waals surface area (Å²) in [6.45, 7) is 3.76. The Morgan fingerprint density at radius 3 is 2.55 bits per heavy atom. The second-order valence-electron chi connectivity index (χ2n) is 4.56. The van der Waals surface area contributed by atoms with E-state index in [9.17, 15) is 4.21 Å². The zero-order valence-corrected chi connectivity index (χ0v) is 13.8. The summed E-state index contributed by atoms with van der Waals surface area (Å²) in [4.78, 5) is 0. The van der Waals surface area contributed by atoms with Gasteiger partial charge in [-0.15, -0.1) is 10.2 Å². The standard InChI is InChI=1S/C13H15Cl2N3OS/c1-8(10-4-5-11(14)12(15)6-10)20(19)7-13-17-16-9(2)18(13)3/h4-6,8H,7H2,1-3H3/t8-,20-/m0/s1. The highest BCUT2D eigenvalue weighted by Gasteiger charge is 2.18. The molecule has 0 unspecified atom stereocenters. The molecular formula is C13H15Cl2N3OS. The molecule has 1 aromatic heterocycles. The molecule has 0 aliphatic heterocycles. The number of aryl methyl sites for hydroxylation is 1. The summed E-state index contributed by atoms with van der Waals surface area (Å²) in [6, 6.07) is 5.33. The molecule has 2 atom stereocenters. The van der Waals surface area contributed by atoms with Crippen LogP contribution in [-0.4, -0.2) is 19.0 Å². The first-order valence-electron chi connectivity index (χ1n) is 6.07. The zero-order chi connectivity index (χ0) is 14.9. The van der Waals surface area contributed by atoms with Gasteiger partial charge in [0.1, 0.15) is 11.6 Å². The van der Waals surface area contributed by atoms with Crippen molar-refractivity contribution in [2.75, 3.05) is 0 Å². The van der Waals surface area contributed by atoms with Crippen LogP contribution in [0, 0.1) is 6.92 Å². The smallest absolute Gasteiger partial charge is 0.145 e. The van der Waals surface area contributed by atoms with Crippen molar-refractivity contribution in [3.63, 3.8) is 0 Å². The molecule has 0 radical (unpaired) electrons. The van der Waals surface area contributed by atoms with Crippen molar-refractivity contribution in [2.24, 2.45) is 7.05 Å². The Kier molecular flexibility index (Phi) is 4.83. The van der Waals surface area contributed by atoms with Gasteiger partial charge in [0, 0.05) is 17.8 Å². The Labute approximate surface area is 130 Å². The molecule has 0 bridgehead atoms. The number of aromatic nitrogens is 3. The first-order chi connectivity index (χ1) is 9.40. The average molecular weight is 332 g/mol. The van der Waals surface area contributed by atoms with Crippen molar-refractivity contribution in [3.05, 3.63) is 45.5 Å². The Hall–Kier alpha value is -0.910. The van der Waals surface area contributed by atoms with Crippen LogP contribution in [0.15, 0.2) is 18.2 Å². The van der Waals surface area contributed by atoms with Crippen LogP contribution >= 0.6 is 23.2 Å². The van der Waals surface area contributed by atoms with E-state index in [1.54, 1.807) is 12.1 Å². The van der Waals surface area contributed by atoms with Gasteiger partial charge in [-0.25, -0.2) is 0 Å². The van der Waals surface area contributed by atoms with Gasteiger partial charge in [-0.1, -0.05) is 29.3 Å². The van der Waals surface area contributed by atoms with E-state index >= 15 is 0 Å². The van der Waals surface area contributed by atoms with Crippen LogP contribution in [0.1, 0.15) is 29.4 Å². The lowest BCUT2D eigenvalue weighted by molar-refractivity contribution is 0.671. The zero-order valence-electron chi connectivity index (χ0n) is 11.4. The van der Waals surface area contributed by atoms with Gasteiger partial charge < -0.3 is 4.57 Å². The van der Waals surface area contributed by atoms with Crippen molar-refractivity contribution in [1.29, 1.82) is 0 Å². The Bertz CT molecular complexity index is 657. The third kappa shape index (κ3) is 3.22. The summed E-state index contributed by atoms with van der Waals surface area (Å²) in [7, 11) is 0.763. The lowest BCUT2D eigenvalue weighted by Gasteiger charge is -2.12. The number of nitrogens with zero attached hydrogens (tertiary/aromatic N) is 3. The highest BCUT2D eigenvalue weighted by atomic mass is 35.5. The second-order valence-corrected chi connectivity index (χ2v) is 7.13. The van der Waals surface area contributed by atoms with Gasteiger partial charge in [0.2, 0.25) is 0 Å². The molecule has 1 aromatic carbocycles. The maximum Gasteiger partial charge on any atom is 0.145 e. The molecule has 108 valence electrons. The van der Waals surface area contributed by atoms with Gasteiger partial charge in [0.15, 0.2) is 0 Å². The molecule has 0 N–H and O–H groups in total. The van der Waals surface area contributed by atoms with E-state index in [0.717, 1.165) is 11.4 Å². The van der Waals surface area contributed by atoms with Crippen LogP contribution in [-0.2, 0) is 23.6 Å². The Morgan fingerprint density at radius 1 is 1.30 bits per heavy atom. The molecule has 0 fully saturated rings. The number of hydrogen-bond donors (Lipinski definition) is 0. The number of halogens is 2. The largest absolute Gasteiger partial charge is 0.318 e. The molecule has 2 aromatic rings. The van der Waals surface area contributed by atoms with Crippen molar-refractivity contribution in [2.45, 2.75) is 24.9 Å². The predicted molar refractivity (Wildman–Crippen MR) is 82.5 cm³/mol. The number of rotatable bonds is 4. The lowest BCUT2D eigenvalue weighted by Crippen LogP contribution is -2.09. The first-order valence-corrected chi connectivity index (χ1v) is 8.21. The first kappa shape index (κ1) is 15.5. The maximum atomic E-state index is 12.4. The molecular weight excluding hydrogens is 317 g/mol. The minimum Gasteiger partial charge on any atom is -0.318 e. The second kappa shape index (κ2) is 6.24. The van der Waals surface area contributed by atoms with Crippen molar-refractivity contribution in [1.82, 2.24) is 14.8 Å². The lowest BCUT2D eigenvalue weighted by atomic mass is 10.2. The van der Waals surface area contributed by atoms with Crippen molar-refractivity contribution in [3.8, 4) is 0 Å². The molecule has 20 heavy (non-hydrogen) atoms. The fourth-order valence-electron chi connectivity index (χ4n) is 1.75. The SMILES string of the molecule is Cc1nnc(C[S@](=O)[C@@H](C)c2ccc(Cl)c(Cl)c2)n1C. The number of hydrogen-bond acceptors (Lipinski definition) is 3. The highest BCUT2D eigenvalue weighted by Crippen LogP contribution is 2.28. The van der Waals surface area contributed by atoms with Crippen LogP contribution in [0.25, 0.3) is 0 Å². The van der Waals surface area contributed by atoms with E-state index in [1.165, 1.54) is 0 Å². The van der Waals surface area contributed by atoms with E-state index in [-0.39, 0.29) is 5.25 Å². The maximum absolute atomic E-state index is 12.4. The minimum atomic E-state index is -1.10. The van der Waals surface area contributed by atoms with E-state index in [1.807, 2.05) is 31.5 Å². The van der Waals surface area contributed by atoms with E-state index in [0.29, 0.717) is 21.6 Å². The fourth-order valence-corrected chi connectivity index (χ4v) is 3.26. The van der Waals surface area contributed by atoms with Gasteiger partial charge >= 0.3 is 0 Å². The highest BCUT2D eigenvalue weighted by molar-refractivity contribution is 7.84.